The van der Waals surface area contributed by atoms with Crippen LogP contribution in [0.2, 0.25) is 0 Å². The molecule has 4 heteroatoms. The maximum atomic E-state index is 10.2. The van der Waals surface area contributed by atoms with Gasteiger partial charge in [0.15, 0.2) is 0 Å². The highest BCUT2D eigenvalue weighted by Crippen LogP contribution is 2.45. The molecule has 0 bridgehead atoms. The van der Waals surface area contributed by atoms with Gasteiger partial charge in [0.25, 0.3) is 0 Å². The Labute approximate surface area is 89.1 Å². The zero-order chi connectivity index (χ0) is 10.9. The van der Waals surface area contributed by atoms with Crippen LogP contribution in [0.5, 0.6) is 0 Å². The third kappa shape index (κ3) is 1.60. The summed E-state index contributed by atoms with van der Waals surface area (Å²) in [6, 6.07) is 1.70. The minimum Gasteiger partial charge on any atom is -0.398 e. The second-order valence-electron chi connectivity index (χ2n) is 4.03. The van der Waals surface area contributed by atoms with E-state index in [4.69, 9.17) is 10.5 Å². The van der Waals surface area contributed by atoms with E-state index in [1.54, 1.807) is 25.6 Å². The van der Waals surface area contributed by atoms with E-state index in [2.05, 4.69) is 4.98 Å². The molecule has 0 amide bonds. The number of methoxy groups -OCH3 is 1. The summed E-state index contributed by atoms with van der Waals surface area (Å²) < 4.78 is 5.41. The number of aliphatic hydroxyl groups is 1. The molecule has 0 spiro atoms. The second-order valence-corrected chi connectivity index (χ2v) is 4.03. The van der Waals surface area contributed by atoms with E-state index >= 15 is 0 Å². The van der Waals surface area contributed by atoms with Crippen molar-refractivity contribution in [1.29, 1.82) is 0 Å². The van der Waals surface area contributed by atoms with Gasteiger partial charge < -0.3 is 15.6 Å². The number of ether oxygens (including phenoxy) is 1. The highest BCUT2D eigenvalue weighted by Gasteiger charge is 2.45. The number of nitrogens with zero attached hydrogens (tertiary/aromatic N) is 1. The highest BCUT2D eigenvalue weighted by molar-refractivity contribution is 5.46. The number of hydrogen-bond acceptors (Lipinski definition) is 4. The molecule has 0 aromatic carbocycles. The van der Waals surface area contributed by atoms with Gasteiger partial charge in [0.05, 0.1) is 5.60 Å². The van der Waals surface area contributed by atoms with Crippen molar-refractivity contribution in [2.45, 2.75) is 31.0 Å². The number of aromatic nitrogens is 1. The minimum absolute atomic E-state index is 0.447. The number of pyridine rings is 1. The molecule has 1 aromatic rings. The Morgan fingerprint density at radius 1 is 1.60 bits per heavy atom. The summed E-state index contributed by atoms with van der Waals surface area (Å²) in [6.07, 6.45) is 5.39. The summed E-state index contributed by atoms with van der Waals surface area (Å²) in [6.45, 7) is 0. The van der Waals surface area contributed by atoms with Gasteiger partial charge in [0, 0.05) is 30.8 Å². The van der Waals surface area contributed by atoms with E-state index in [0.717, 1.165) is 19.3 Å². The normalized spacial score (nSPS) is 20.7. The first-order valence-electron chi connectivity index (χ1n) is 5.12. The summed E-state index contributed by atoms with van der Waals surface area (Å²) in [7, 11) is 1.63. The summed E-state index contributed by atoms with van der Waals surface area (Å²) >= 11 is 0. The number of nitrogens with two attached hydrogens (primary N) is 1. The number of nitrogen functional groups attached to an aromatic ring is 1. The van der Waals surface area contributed by atoms with E-state index < -0.39 is 11.7 Å². The molecule has 0 saturated heterocycles. The first-order valence-corrected chi connectivity index (χ1v) is 5.12. The highest BCUT2D eigenvalue weighted by atomic mass is 16.5. The van der Waals surface area contributed by atoms with Crippen molar-refractivity contribution < 1.29 is 9.84 Å². The summed E-state index contributed by atoms with van der Waals surface area (Å²) in [5, 5.41) is 10.2. The predicted molar refractivity (Wildman–Crippen MR) is 57.2 cm³/mol. The van der Waals surface area contributed by atoms with Crippen LogP contribution in [0.4, 0.5) is 5.69 Å². The first kappa shape index (κ1) is 10.4. The van der Waals surface area contributed by atoms with Crippen LogP contribution >= 0.6 is 0 Å². The lowest BCUT2D eigenvalue weighted by atomic mass is 9.73. The summed E-state index contributed by atoms with van der Waals surface area (Å²) in [4.78, 5) is 3.98. The van der Waals surface area contributed by atoms with Gasteiger partial charge in [-0.1, -0.05) is 0 Å². The van der Waals surface area contributed by atoms with Crippen LogP contribution in [0.25, 0.3) is 0 Å². The third-order valence-electron chi connectivity index (χ3n) is 3.29. The van der Waals surface area contributed by atoms with Crippen LogP contribution in [-0.4, -0.2) is 22.8 Å². The van der Waals surface area contributed by atoms with Gasteiger partial charge in [0.2, 0.25) is 0 Å². The number of hydrogen-bond donors (Lipinski definition) is 2. The van der Waals surface area contributed by atoms with Crippen molar-refractivity contribution in [2.75, 3.05) is 12.8 Å². The van der Waals surface area contributed by atoms with Gasteiger partial charge >= 0.3 is 0 Å². The molecule has 1 unspecified atom stereocenters. The van der Waals surface area contributed by atoms with Crippen molar-refractivity contribution in [2.24, 2.45) is 0 Å². The Bertz CT molecular complexity index is 345. The molecule has 0 radical (unpaired) electrons. The SMILES string of the molecule is COC1(C(O)c2cnccc2N)CCC1. The van der Waals surface area contributed by atoms with Crippen LogP contribution < -0.4 is 5.73 Å². The smallest absolute Gasteiger partial charge is 0.111 e. The van der Waals surface area contributed by atoms with E-state index in [9.17, 15) is 5.11 Å². The topological polar surface area (TPSA) is 68.4 Å². The fourth-order valence-corrected chi connectivity index (χ4v) is 2.04. The molecule has 15 heavy (non-hydrogen) atoms. The van der Waals surface area contributed by atoms with Gasteiger partial charge in [-0.05, 0) is 25.3 Å². The third-order valence-corrected chi connectivity index (χ3v) is 3.29. The molecule has 1 atom stereocenters. The van der Waals surface area contributed by atoms with Crippen LogP contribution in [0.15, 0.2) is 18.5 Å². The molecule has 1 aliphatic carbocycles. The Kier molecular flexibility index (Phi) is 2.63. The average Bonchev–Trinajstić information content (AvgIpc) is 2.17. The van der Waals surface area contributed by atoms with Gasteiger partial charge in [-0.2, -0.15) is 0 Å². The maximum absolute atomic E-state index is 10.2. The van der Waals surface area contributed by atoms with Gasteiger partial charge in [0.1, 0.15) is 6.10 Å². The number of aliphatic hydroxyl groups excluding tert-OH is 1. The van der Waals surface area contributed by atoms with Crippen LogP contribution in [-0.2, 0) is 4.74 Å². The molecule has 1 aromatic heterocycles. The fourth-order valence-electron chi connectivity index (χ4n) is 2.04. The van der Waals surface area contributed by atoms with Crippen LogP contribution in [0.1, 0.15) is 30.9 Å². The minimum atomic E-state index is -0.676. The van der Waals surface area contributed by atoms with Crippen molar-refractivity contribution >= 4 is 5.69 Å². The lowest BCUT2D eigenvalue weighted by Crippen LogP contribution is -2.45. The van der Waals surface area contributed by atoms with Gasteiger partial charge in [-0.3, -0.25) is 4.98 Å². The van der Waals surface area contributed by atoms with E-state index in [0.29, 0.717) is 11.3 Å². The standard InChI is InChI=1S/C11H16N2O2/c1-15-11(4-2-5-11)10(14)8-7-13-6-3-9(8)12/h3,6-7,10,14H,2,4-5H2,1H3,(H2,12,13). The average molecular weight is 208 g/mol. The molecule has 82 valence electrons. The monoisotopic (exact) mass is 208 g/mol. The molecule has 3 N–H and O–H groups in total. The van der Waals surface area contributed by atoms with Crippen molar-refractivity contribution in [3.8, 4) is 0 Å². The fraction of sp³-hybridized carbons (Fsp3) is 0.545. The predicted octanol–water partition coefficient (Wildman–Crippen LogP) is 1.27. The summed E-state index contributed by atoms with van der Waals surface area (Å²) in [5.41, 5.74) is 6.58. The maximum Gasteiger partial charge on any atom is 0.111 e. The Morgan fingerprint density at radius 2 is 2.33 bits per heavy atom. The number of rotatable bonds is 3. The Morgan fingerprint density at radius 3 is 2.80 bits per heavy atom. The molecular formula is C11H16N2O2. The van der Waals surface area contributed by atoms with Crippen molar-refractivity contribution in [3.63, 3.8) is 0 Å². The van der Waals surface area contributed by atoms with Crippen molar-refractivity contribution in [1.82, 2.24) is 4.98 Å². The molecule has 2 rings (SSSR count). The molecule has 1 heterocycles. The van der Waals surface area contributed by atoms with E-state index in [1.165, 1.54) is 0 Å². The second kappa shape index (κ2) is 3.79. The van der Waals surface area contributed by atoms with Gasteiger partial charge in [-0.25, -0.2) is 0 Å². The molecule has 0 aliphatic heterocycles. The van der Waals surface area contributed by atoms with E-state index in [1.807, 2.05) is 0 Å². The zero-order valence-corrected chi connectivity index (χ0v) is 8.81. The number of anilines is 1. The molecular weight excluding hydrogens is 192 g/mol. The Hall–Kier alpha value is -1.13. The first-order chi connectivity index (χ1) is 7.19. The summed E-state index contributed by atoms with van der Waals surface area (Å²) in [5.74, 6) is 0. The Balaban J connectivity index is 2.27. The van der Waals surface area contributed by atoms with Crippen LogP contribution in [0, 0.1) is 0 Å². The largest absolute Gasteiger partial charge is 0.398 e. The van der Waals surface area contributed by atoms with Crippen LogP contribution in [0.3, 0.4) is 0 Å². The molecule has 1 aliphatic rings. The van der Waals surface area contributed by atoms with Gasteiger partial charge in [-0.15, -0.1) is 0 Å². The molecule has 4 nitrogen and oxygen atoms in total. The lowest BCUT2D eigenvalue weighted by molar-refractivity contribution is -0.151. The lowest BCUT2D eigenvalue weighted by Gasteiger charge is -2.44. The molecule has 1 fully saturated rings. The van der Waals surface area contributed by atoms with E-state index in [-0.39, 0.29) is 0 Å². The molecule has 1 saturated carbocycles. The zero-order valence-electron chi connectivity index (χ0n) is 8.81. The quantitative estimate of drug-likeness (QED) is 0.784. The van der Waals surface area contributed by atoms with Crippen molar-refractivity contribution in [3.05, 3.63) is 24.0 Å².